The fourth-order valence-corrected chi connectivity index (χ4v) is 1.86. The number of carbonyl (C=O) groups excluding carboxylic acids is 2. The molecule has 2 amide bonds. The Kier molecular flexibility index (Phi) is 5.52. The number of nitrogens with zero attached hydrogens (tertiary/aromatic N) is 2. The SMILES string of the molecule is CCN(CC(N)=O)C(=O)C(/C(N)=N/O)c1ccccc1. The number of hydrogen-bond donors (Lipinski definition) is 3. The van der Waals surface area contributed by atoms with Crippen molar-refractivity contribution in [3.63, 3.8) is 0 Å². The van der Waals surface area contributed by atoms with Crippen molar-refractivity contribution < 1.29 is 14.8 Å². The molecule has 0 saturated heterocycles. The highest BCUT2D eigenvalue weighted by Gasteiger charge is 2.29. The first-order valence-corrected chi connectivity index (χ1v) is 6.10. The smallest absolute Gasteiger partial charge is 0.238 e. The molecular weight excluding hydrogens is 260 g/mol. The molecule has 20 heavy (non-hydrogen) atoms. The number of nitrogens with two attached hydrogens (primary N) is 2. The summed E-state index contributed by atoms with van der Waals surface area (Å²) in [7, 11) is 0. The molecule has 1 unspecified atom stereocenters. The number of carbonyl (C=O) groups is 2. The van der Waals surface area contributed by atoms with Gasteiger partial charge in [0.25, 0.3) is 0 Å². The maximum Gasteiger partial charge on any atom is 0.238 e. The Labute approximate surface area is 116 Å². The maximum atomic E-state index is 12.5. The van der Waals surface area contributed by atoms with Gasteiger partial charge < -0.3 is 21.6 Å². The lowest BCUT2D eigenvalue weighted by molar-refractivity contribution is -0.135. The van der Waals surface area contributed by atoms with Gasteiger partial charge in [0.2, 0.25) is 11.8 Å². The normalized spacial score (nSPS) is 12.8. The number of primary amides is 1. The van der Waals surface area contributed by atoms with Crippen molar-refractivity contribution in [3.05, 3.63) is 35.9 Å². The minimum absolute atomic E-state index is 0.211. The van der Waals surface area contributed by atoms with Crippen molar-refractivity contribution in [2.45, 2.75) is 12.8 Å². The second-order valence-corrected chi connectivity index (χ2v) is 4.19. The molecule has 0 aromatic heterocycles. The molecule has 1 rings (SSSR count). The first kappa shape index (κ1) is 15.5. The summed E-state index contributed by atoms with van der Waals surface area (Å²) < 4.78 is 0. The predicted molar refractivity (Wildman–Crippen MR) is 74.0 cm³/mol. The summed E-state index contributed by atoms with van der Waals surface area (Å²) in [6.45, 7) is 1.80. The number of benzene rings is 1. The van der Waals surface area contributed by atoms with Gasteiger partial charge in [-0.05, 0) is 12.5 Å². The Morgan fingerprint density at radius 1 is 1.30 bits per heavy atom. The molecule has 1 aromatic rings. The van der Waals surface area contributed by atoms with Crippen molar-refractivity contribution >= 4 is 17.6 Å². The number of likely N-dealkylation sites (N-methyl/N-ethyl adjacent to an activating group) is 1. The van der Waals surface area contributed by atoms with E-state index in [1.54, 1.807) is 37.3 Å². The molecular formula is C13H18N4O3. The lowest BCUT2D eigenvalue weighted by Crippen LogP contribution is -2.44. The average Bonchev–Trinajstić information content (AvgIpc) is 2.45. The Morgan fingerprint density at radius 2 is 1.90 bits per heavy atom. The Morgan fingerprint density at radius 3 is 2.35 bits per heavy atom. The molecule has 0 bridgehead atoms. The van der Waals surface area contributed by atoms with Crippen LogP contribution in [0.3, 0.4) is 0 Å². The van der Waals surface area contributed by atoms with Gasteiger partial charge in [0, 0.05) is 6.54 Å². The zero-order valence-electron chi connectivity index (χ0n) is 11.2. The topological polar surface area (TPSA) is 122 Å². The van der Waals surface area contributed by atoms with Crippen molar-refractivity contribution in [2.75, 3.05) is 13.1 Å². The lowest BCUT2D eigenvalue weighted by atomic mass is 9.96. The third kappa shape index (κ3) is 3.71. The molecule has 1 atom stereocenters. The minimum Gasteiger partial charge on any atom is -0.409 e. The van der Waals surface area contributed by atoms with Crippen LogP contribution >= 0.6 is 0 Å². The van der Waals surface area contributed by atoms with E-state index in [0.29, 0.717) is 12.1 Å². The molecule has 0 radical (unpaired) electrons. The van der Waals surface area contributed by atoms with Crippen molar-refractivity contribution in [3.8, 4) is 0 Å². The second kappa shape index (κ2) is 7.13. The summed E-state index contributed by atoms with van der Waals surface area (Å²) >= 11 is 0. The molecule has 7 heteroatoms. The fraction of sp³-hybridized carbons (Fsp3) is 0.308. The van der Waals surface area contributed by atoms with E-state index in [4.69, 9.17) is 16.7 Å². The van der Waals surface area contributed by atoms with Gasteiger partial charge in [0.05, 0.1) is 6.54 Å². The van der Waals surface area contributed by atoms with Crippen LogP contribution in [-0.2, 0) is 9.59 Å². The molecule has 0 spiro atoms. The van der Waals surface area contributed by atoms with Crippen LogP contribution < -0.4 is 11.5 Å². The Hall–Kier alpha value is -2.57. The molecule has 0 aliphatic carbocycles. The summed E-state index contributed by atoms with van der Waals surface area (Å²) in [4.78, 5) is 24.7. The van der Waals surface area contributed by atoms with E-state index >= 15 is 0 Å². The van der Waals surface area contributed by atoms with Gasteiger partial charge in [-0.3, -0.25) is 9.59 Å². The third-order valence-corrected chi connectivity index (χ3v) is 2.83. The number of amidine groups is 1. The maximum absolute atomic E-state index is 12.5. The zero-order chi connectivity index (χ0) is 15.1. The summed E-state index contributed by atoms with van der Waals surface area (Å²) in [5.41, 5.74) is 11.3. The van der Waals surface area contributed by atoms with Crippen LogP contribution in [-0.4, -0.2) is 40.8 Å². The van der Waals surface area contributed by atoms with Gasteiger partial charge in [-0.25, -0.2) is 0 Å². The fourth-order valence-electron chi connectivity index (χ4n) is 1.86. The van der Waals surface area contributed by atoms with Gasteiger partial charge in [0.1, 0.15) is 5.92 Å². The van der Waals surface area contributed by atoms with Gasteiger partial charge >= 0.3 is 0 Å². The van der Waals surface area contributed by atoms with Crippen LogP contribution in [0.2, 0.25) is 0 Å². The highest BCUT2D eigenvalue weighted by Crippen LogP contribution is 2.18. The molecule has 0 heterocycles. The van der Waals surface area contributed by atoms with E-state index in [-0.39, 0.29) is 12.4 Å². The van der Waals surface area contributed by atoms with E-state index in [0.717, 1.165) is 0 Å². The summed E-state index contributed by atoms with van der Waals surface area (Å²) in [6.07, 6.45) is 0. The third-order valence-electron chi connectivity index (χ3n) is 2.83. The minimum atomic E-state index is -0.944. The van der Waals surface area contributed by atoms with Crippen LogP contribution in [0, 0.1) is 0 Å². The van der Waals surface area contributed by atoms with Crippen LogP contribution in [0.25, 0.3) is 0 Å². The average molecular weight is 278 g/mol. The quantitative estimate of drug-likeness (QED) is 0.290. The van der Waals surface area contributed by atoms with Gasteiger partial charge in [-0.2, -0.15) is 0 Å². The molecule has 5 N–H and O–H groups in total. The largest absolute Gasteiger partial charge is 0.409 e. The highest BCUT2D eigenvalue weighted by atomic mass is 16.4. The molecule has 7 nitrogen and oxygen atoms in total. The van der Waals surface area contributed by atoms with E-state index in [1.165, 1.54) is 4.90 Å². The number of oxime groups is 1. The van der Waals surface area contributed by atoms with Crippen molar-refractivity contribution in [1.29, 1.82) is 0 Å². The Balaban J connectivity index is 3.11. The van der Waals surface area contributed by atoms with Crippen molar-refractivity contribution in [1.82, 2.24) is 4.90 Å². The summed E-state index contributed by atoms with van der Waals surface area (Å²) in [6, 6.07) is 8.66. The molecule has 1 aromatic carbocycles. The molecule has 0 aliphatic rings. The van der Waals surface area contributed by atoms with E-state index < -0.39 is 17.7 Å². The van der Waals surface area contributed by atoms with Crippen LogP contribution in [0.4, 0.5) is 0 Å². The molecule has 0 fully saturated rings. The molecule has 0 aliphatic heterocycles. The van der Waals surface area contributed by atoms with Crippen molar-refractivity contribution in [2.24, 2.45) is 16.6 Å². The van der Waals surface area contributed by atoms with Gasteiger partial charge in [-0.1, -0.05) is 35.5 Å². The van der Waals surface area contributed by atoms with Crippen LogP contribution in [0.15, 0.2) is 35.5 Å². The number of hydrogen-bond acceptors (Lipinski definition) is 4. The first-order valence-electron chi connectivity index (χ1n) is 6.10. The van der Waals surface area contributed by atoms with Gasteiger partial charge in [-0.15, -0.1) is 0 Å². The standard InChI is InChI=1S/C13H18N4O3/c1-2-17(8-10(14)18)13(19)11(12(15)16-20)9-6-4-3-5-7-9/h3-7,11,20H,2,8H2,1H3,(H2,14,18)(H2,15,16). The van der Waals surface area contributed by atoms with Crippen LogP contribution in [0.5, 0.6) is 0 Å². The predicted octanol–water partition coefficient (Wildman–Crippen LogP) is -0.150. The Bertz CT molecular complexity index is 502. The first-order chi connectivity index (χ1) is 9.51. The van der Waals surface area contributed by atoms with E-state index in [2.05, 4.69) is 5.16 Å². The molecule has 0 saturated carbocycles. The van der Waals surface area contributed by atoms with Crippen LogP contribution in [0.1, 0.15) is 18.4 Å². The summed E-state index contributed by atoms with van der Waals surface area (Å²) in [5, 5.41) is 11.8. The number of amides is 2. The van der Waals surface area contributed by atoms with E-state index in [9.17, 15) is 9.59 Å². The van der Waals surface area contributed by atoms with E-state index in [1.807, 2.05) is 0 Å². The second-order valence-electron chi connectivity index (χ2n) is 4.19. The highest BCUT2D eigenvalue weighted by molar-refractivity contribution is 6.07. The lowest BCUT2D eigenvalue weighted by Gasteiger charge is -2.24. The zero-order valence-corrected chi connectivity index (χ0v) is 11.2. The summed E-state index contributed by atoms with van der Waals surface area (Å²) in [5.74, 6) is -2.23. The molecule has 108 valence electrons. The monoisotopic (exact) mass is 278 g/mol. The number of rotatable bonds is 6. The van der Waals surface area contributed by atoms with Gasteiger partial charge in [0.15, 0.2) is 5.84 Å².